The van der Waals surface area contributed by atoms with E-state index in [-0.39, 0.29) is 36.1 Å². The topological polar surface area (TPSA) is 125 Å². The smallest absolute Gasteiger partial charge is 0.339 e. The number of esters is 1. The van der Waals surface area contributed by atoms with Crippen LogP contribution < -0.4 is 11.4 Å². The van der Waals surface area contributed by atoms with E-state index in [1.54, 1.807) is 6.92 Å². The first-order chi connectivity index (χ1) is 17.2. The second kappa shape index (κ2) is 12.1. The van der Waals surface area contributed by atoms with E-state index in [2.05, 4.69) is 9.97 Å². The molecule has 36 heavy (non-hydrogen) atoms. The van der Waals surface area contributed by atoms with Gasteiger partial charge in [0, 0.05) is 12.8 Å². The number of likely N-dealkylation sites (N-methyl/N-ethyl adjacent to an activating group) is 1. The predicted molar refractivity (Wildman–Crippen MR) is 141 cm³/mol. The van der Waals surface area contributed by atoms with Crippen LogP contribution in [0.2, 0.25) is 0 Å². The molecule has 0 spiro atoms. The van der Waals surface area contributed by atoms with Crippen LogP contribution in [0.1, 0.15) is 46.1 Å². The van der Waals surface area contributed by atoms with Gasteiger partial charge < -0.3 is 15.4 Å². The summed E-state index contributed by atoms with van der Waals surface area (Å²) in [6, 6.07) is 7.86. The summed E-state index contributed by atoms with van der Waals surface area (Å²) < 4.78 is 7.60. The number of nitrogens with two attached hydrogens (primary N) is 1. The Morgan fingerprint density at radius 1 is 1.17 bits per heavy atom. The van der Waals surface area contributed by atoms with E-state index in [1.807, 2.05) is 51.1 Å². The fourth-order valence-corrected chi connectivity index (χ4v) is 4.58. The van der Waals surface area contributed by atoms with Gasteiger partial charge in [-0.3, -0.25) is 4.57 Å². The quantitative estimate of drug-likeness (QED) is 0.247. The number of hydrogen-bond acceptors (Lipinski definition) is 8. The first-order valence-corrected chi connectivity index (χ1v) is 13.1. The number of benzene rings is 1. The van der Waals surface area contributed by atoms with Crippen molar-refractivity contribution in [1.29, 1.82) is 0 Å². The van der Waals surface area contributed by atoms with E-state index in [4.69, 9.17) is 10.5 Å². The van der Waals surface area contributed by atoms with Crippen molar-refractivity contribution < 1.29 is 14.3 Å². The van der Waals surface area contributed by atoms with Crippen molar-refractivity contribution in [2.75, 3.05) is 25.1 Å². The van der Waals surface area contributed by atoms with Gasteiger partial charge in [-0.05, 0) is 31.2 Å². The number of fused-ring (bicyclic) bond motifs is 1. The van der Waals surface area contributed by atoms with Crippen LogP contribution in [0.15, 0.2) is 40.3 Å². The first-order valence-electron chi connectivity index (χ1n) is 12.1. The molecule has 0 radical (unpaired) electrons. The van der Waals surface area contributed by atoms with E-state index < -0.39 is 23.7 Å². The average molecular weight is 515 g/mol. The molecule has 1 atom stereocenters. The number of thioether (sulfide) groups is 1. The molecule has 1 aromatic carbocycles. The van der Waals surface area contributed by atoms with Crippen molar-refractivity contribution in [3.63, 3.8) is 0 Å². The molecule has 10 nitrogen and oxygen atoms in total. The average Bonchev–Trinajstić information content (AvgIpc) is 3.12. The first kappa shape index (κ1) is 27.3. The van der Waals surface area contributed by atoms with Gasteiger partial charge in [0.05, 0.1) is 13.2 Å². The minimum atomic E-state index is -0.863. The predicted octanol–water partition coefficient (Wildman–Crippen LogP) is 3.60. The van der Waals surface area contributed by atoms with Crippen LogP contribution in [0.5, 0.6) is 0 Å². The van der Waals surface area contributed by atoms with Crippen molar-refractivity contribution in [2.45, 2.75) is 58.3 Å². The van der Waals surface area contributed by atoms with Crippen LogP contribution in [0.4, 0.5) is 10.6 Å². The highest BCUT2D eigenvalue weighted by Gasteiger charge is 2.33. The van der Waals surface area contributed by atoms with Crippen molar-refractivity contribution >= 4 is 40.7 Å². The van der Waals surface area contributed by atoms with Crippen LogP contribution in [0.3, 0.4) is 0 Å². The minimum absolute atomic E-state index is 0.0285. The van der Waals surface area contributed by atoms with Gasteiger partial charge in [-0.15, -0.1) is 0 Å². The molecule has 0 bridgehead atoms. The monoisotopic (exact) mass is 514 g/mol. The van der Waals surface area contributed by atoms with Gasteiger partial charge in [0.1, 0.15) is 11.6 Å². The van der Waals surface area contributed by atoms with Crippen LogP contribution in [0.25, 0.3) is 11.2 Å². The molecular weight excluding hydrogens is 480 g/mol. The SMILES string of the molecule is CCCSc1nc(N)c2c(n1)n(Cc1ccccc1)c(=O)n2C(=O)N(C)[C@@H](CC(C)C)C(=O)OCC. The largest absolute Gasteiger partial charge is 0.464 e. The molecule has 0 saturated carbocycles. The number of carbonyl (C=O) groups excluding carboxylic acids is 2. The van der Waals surface area contributed by atoms with Crippen molar-refractivity contribution in [2.24, 2.45) is 5.92 Å². The van der Waals surface area contributed by atoms with E-state index in [0.29, 0.717) is 11.6 Å². The highest BCUT2D eigenvalue weighted by atomic mass is 32.2. The summed E-state index contributed by atoms with van der Waals surface area (Å²) in [7, 11) is 1.49. The molecule has 11 heteroatoms. The summed E-state index contributed by atoms with van der Waals surface area (Å²) >= 11 is 1.43. The Hall–Kier alpha value is -3.34. The van der Waals surface area contributed by atoms with E-state index >= 15 is 0 Å². The number of nitrogen functional groups attached to an aromatic ring is 1. The zero-order valence-corrected chi connectivity index (χ0v) is 22.2. The molecule has 3 aromatic rings. The van der Waals surface area contributed by atoms with Gasteiger partial charge in [-0.1, -0.05) is 62.9 Å². The summed E-state index contributed by atoms with van der Waals surface area (Å²) in [6.45, 7) is 8.03. The van der Waals surface area contributed by atoms with Gasteiger partial charge >= 0.3 is 17.7 Å². The third kappa shape index (κ3) is 5.89. The van der Waals surface area contributed by atoms with Gasteiger partial charge in [-0.25, -0.2) is 28.9 Å². The van der Waals surface area contributed by atoms with Gasteiger partial charge in [-0.2, -0.15) is 0 Å². The van der Waals surface area contributed by atoms with Gasteiger partial charge in [0.15, 0.2) is 16.6 Å². The summed E-state index contributed by atoms with van der Waals surface area (Å²) in [5.41, 5.74) is 6.97. The van der Waals surface area contributed by atoms with Crippen LogP contribution in [-0.2, 0) is 16.1 Å². The van der Waals surface area contributed by atoms with Crippen LogP contribution in [0, 0.1) is 5.92 Å². The molecule has 194 valence electrons. The standard InChI is InChI=1S/C25H34N6O4S/c1-6-13-36-23-27-20(26)19-21(28-23)30(15-17-11-9-8-10-12-17)25(34)31(19)24(33)29(5)18(14-16(3)4)22(32)35-7-2/h8-12,16,18H,6-7,13-15H2,1-5H3,(H2,26,27,28)/t18-/m0/s1. The number of carbonyl (C=O) groups is 2. The maximum absolute atomic E-state index is 13.7. The summed E-state index contributed by atoms with van der Waals surface area (Å²) in [6.07, 6.45) is 1.29. The van der Waals surface area contributed by atoms with Crippen LogP contribution in [-0.4, -0.2) is 61.5 Å². The number of anilines is 1. The fraction of sp³-hybridized carbons (Fsp3) is 0.480. The Morgan fingerprint density at radius 2 is 1.86 bits per heavy atom. The lowest BCUT2D eigenvalue weighted by Gasteiger charge is -2.27. The van der Waals surface area contributed by atoms with Gasteiger partial charge in [0.2, 0.25) is 0 Å². The molecule has 0 aliphatic rings. The Morgan fingerprint density at radius 3 is 2.47 bits per heavy atom. The summed E-state index contributed by atoms with van der Waals surface area (Å²) in [5, 5.41) is 0.436. The normalized spacial score (nSPS) is 12.2. The van der Waals surface area contributed by atoms with Crippen molar-refractivity contribution in [3.05, 3.63) is 46.4 Å². The fourth-order valence-electron chi connectivity index (χ4n) is 3.88. The number of aromatic nitrogens is 4. The lowest BCUT2D eigenvalue weighted by molar-refractivity contribution is -0.148. The molecule has 3 rings (SSSR count). The third-order valence-corrected chi connectivity index (χ3v) is 6.66. The third-order valence-electron chi connectivity index (χ3n) is 5.61. The molecule has 1 amide bonds. The lowest BCUT2D eigenvalue weighted by atomic mass is 10.0. The second-order valence-corrected chi connectivity index (χ2v) is 9.95. The van der Waals surface area contributed by atoms with Gasteiger partial charge in [0.25, 0.3) is 0 Å². The molecule has 2 heterocycles. The number of amides is 1. The zero-order valence-electron chi connectivity index (χ0n) is 21.4. The zero-order chi connectivity index (χ0) is 26.4. The second-order valence-electron chi connectivity index (χ2n) is 8.89. The molecule has 0 fully saturated rings. The number of nitrogens with zero attached hydrogens (tertiary/aromatic N) is 5. The maximum Gasteiger partial charge on any atom is 0.339 e. The van der Waals surface area contributed by atoms with Crippen molar-refractivity contribution in [3.8, 4) is 0 Å². The summed E-state index contributed by atoms with van der Waals surface area (Å²) in [4.78, 5) is 50.3. The molecule has 2 aromatic heterocycles. The molecule has 0 unspecified atom stereocenters. The van der Waals surface area contributed by atoms with Crippen LogP contribution >= 0.6 is 11.8 Å². The number of rotatable bonds is 10. The number of ether oxygens (including phenoxy) is 1. The maximum atomic E-state index is 13.7. The van der Waals surface area contributed by atoms with E-state index in [9.17, 15) is 14.4 Å². The molecule has 0 aliphatic heterocycles. The highest BCUT2D eigenvalue weighted by Crippen LogP contribution is 2.24. The molecule has 0 saturated heterocycles. The minimum Gasteiger partial charge on any atom is -0.464 e. The Bertz CT molecular complexity index is 1270. The number of hydrogen-bond donors (Lipinski definition) is 1. The van der Waals surface area contributed by atoms with E-state index in [0.717, 1.165) is 22.3 Å². The summed E-state index contributed by atoms with van der Waals surface area (Å²) in [5.74, 6) is 0.399. The Kier molecular flexibility index (Phi) is 9.14. The van der Waals surface area contributed by atoms with E-state index in [1.165, 1.54) is 28.3 Å². The Balaban J connectivity index is 2.17. The molecule has 2 N–H and O–H groups in total. The molecule has 0 aliphatic carbocycles. The lowest BCUT2D eigenvalue weighted by Crippen LogP contribution is -2.48. The Labute approximate surface area is 214 Å². The number of imidazole rings is 1. The molecular formula is C25H34N6O4S. The highest BCUT2D eigenvalue weighted by molar-refractivity contribution is 7.99. The van der Waals surface area contributed by atoms with Crippen molar-refractivity contribution in [1.82, 2.24) is 24.0 Å².